The van der Waals surface area contributed by atoms with Crippen LogP contribution in [0.4, 0.5) is 0 Å². The molecule has 0 aliphatic heterocycles. The van der Waals surface area contributed by atoms with E-state index in [9.17, 15) is 9.90 Å². The second-order valence-electron chi connectivity index (χ2n) is 3.74. The third-order valence-corrected chi connectivity index (χ3v) is 2.59. The Labute approximate surface area is 104 Å². The first-order valence-corrected chi connectivity index (χ1v) is 5.28. The number of carbonyl (C=O) groups is 1. The lowest BCUT2D eigenvalue weighted by molar-refractivity contribution is -0.257. The molecule has 18 heavy (non-hydrogen) atoms. The van der Waals surface area contributed by atoms with E-state index >= 15 is 0 Å². The number of aromatic carboxylic acids is 1. The van der Waals surface area contributed by atoms with Gasteiger partial charge in [-0.2, -0.15) is 5.10 Å². The molecular formula is C13H11N2O3-. The summed E-state index contributed by atoms with van der Waals surface area (Å²) in [7, 11) is 0. The minimum Gasteiger partial charge on any atom is -0.542 e. The van der Waals surface area contributed by atoms with Crippen molar-refractivity contribution in [2.45, 2.75) is 6.92 Å². The van der Waals surface area contributed by atoms with Crippen LogP contribution in [0.5, 0.6) is 0 Å². The summed E-state index contributed by atoms with van der Waals surface area (Å²) < 4.78 is 5.14. The summed E-state index contributed by atoms with van der Waals surface area (Å²) in [5, 5.41) is 14.2. The molecule has 0 spiro atoms. The van der Waals surface area contributed by atoms with Crippen LogP contribution >= 0.6 is 0 Å². The quantitative estimate of drug-likeness (QED) is 0.494. The average Bonchev–Trinajstić information content (AvgIpc) is 2.88. The van der Waals surface area contributed by atoms with E-state index in [2.05, 4.69) is 5.10 Å². The Morgan fingerprint density at radius 1 is 1.22 bits per heavy atom. The number of carbonyl (C=O) groups excluding carboxylic acids is 1. The predicted octanol–water partition coefficient (Wildman–Crippen LogP) is 0.993. The van der Waals surface area contributed by atoms with E-state index in [0.29, 0.717) is 5.76 Å². The Morgan fingerprint density at radius 3 is 2.39 bits per heavy atom. The lowest BCUT2D eigenvalue weighted by Gasteiger charge is -2.01. The van der Waals surface area contributed by atoms with Crippen molar-refractivity contribution in [1.82, 2.24) is 0 Å². The molecule has 1 aromatic heterocycles. The van der Waals surface area contributed by atoms with Gasteiger partial charge >= 0.3 is 0 Å². The Morgan fingerprint density at radius 2 is 1.89 bits per heavy atom. The van der Waals surface area contributed by atoms with Crippen molar-refractivity contribution in [1.29, 1.82) is 0 Å². The third-order valence-electron chi connectivity index (χ3n) is 2.59. The topological polar surface area (TPSA) is 91.6 Å². The molecule has 5 nitrogen and oxygen atoms in total. The van der Waals surface area contributed by atoms with E-state index in [4.69, 9.17) is 10.3 Å². The normalized spacial score (nSPS) is 11.5. The van der Waals surface area contributed by atoms with E-state index in [1.165, 1.54) is 6.07 Å². The molecule has 0 radical (unpaired) electrons. The first-order valence-electron chi connectivity index (χ1n) is 5.28. The predicted molar refractivity (Wildman–Crippen MR) is 64.9 cm³/mol. The van der Waals surface area contributed by atoms with E-state index in [1.807, 2.05) is 24.3 Å². The largest absolute Gasteiger partial charge is 0.542 e. The molecule has 2 rings (SSSR count). The van der Waals surface area contributed by atoms with Crippen LogP contribution in [0.15, 0.2) is 45.9 Å². The molecule has 1 heterocycles. The standard InChI is InChI=1S/C13H12N2O3/c1-8(15-14)9-2-4-10(5-3-9)11-6-7-12(18-11)13(16)17/h2-7H,14H2,1H3,(H,16,17)/p-1/b15-8-. The number of hydrazone groups is 1. The molecule has 2 aromatic rings. The van der Waals surface area contributed by atoms with Crippen molar-refractivity contribution in [2.24, 2.45) is 10.9 Å². The summed E-state index contributed by atoms with van der Waals surface area (Å²) in [6.07, 6.45) is 0. The van der Waals surface area contributed by atoms with Crippen LogP contribution in [0.1, 0.15) is 23.0 Å². The summed E-state index contributed by atoms with van der Waals surface area (Å²) in [6, 6.07) is 10.2. The SMILES string of the molecule is C/C(=N/N)c1ccc(-c2ccc(C(=O)[O-])o2)cc1. The van der Waals surface area contributed by atoms with Gasteiger partial charge in [0.25, 0.3) is 0 Å². The van der Waals surface area contributed by atoms with Gasteiger partial charge in [-0.15, -0.1) is 0 Å². The number of hydrogen-bond acceptors (Lipinski definition) is 5. The van der Waals surface area contributed by atoms with Crippen molar-refractivity contribution >= 4 is 11.7 Å². The Bertz CT molecular complexity index is 597. The van der Waals surface area contributed by atoms with Crippen LogP contribution in [-0.2, 0) is 0 Å². The number of furan rings is 1. The number of benzene rings is 1. The minimum absolute atomic E-state index is 0.186. The van der Waals surface area contributed by atoms with Gasteiger partial charge in [0.15, 0.2) is 0 Å². The zero-order valence-electron chi connectivity index (χ0n) is 9.71. The van der Waals surface area contributed by atoms with Crippen LogP contribution in [-0.4, -0.2) is 11.7 Å². The molecule has 0 amide bonds. The maximum atomic E-state index is 10.6. The van der Waals surface area contributed by atoms with E-state index in [0.717, 1.165) is 16.8 Å². The van der Waals surface area contributed by atoms with E-state index in [1.54, 1.807) is 13.0 Å². The maximum absolute atomic E-state index is 10.6. The fourth-order valence-corrected chi connectivity index (χ4v) is 1.55. The zero-order valence-corrected chi connectivity index (χ0v) is 9.71. The van der Waals surface area contributed by atoms with Gasteiger partial charge < -0.3 is 20.2 Å². The molecule has 0 saturated carbocycles. The molecule has 0 bridgehead atoms. The second-order valence-corrected chi connectivity index (χ2v) is 3.74. The van der Waals surface area contributed by atoms with Crippen LogP contribution in [0.3, 0.4) is 0 Å². The van der Waals surface area contributed by atoms with Gasteiger partial charge in [0.05, 0.1) is 5.71 Å². The molecule has 0 fully saturated rings. The zero-order chi connectivity index (χ0) is 13.1. The van der Waals surface area contributed by atoms with Crippen LogP contribution in [0.25, 0.3) is 11.3 Å². The van der Waals surface area contributed by atoms with Crippen LogP contribution in [0, 0.1) is 0 Å². The number of nitrogens with zero attached hydrogens (tertiary/aromatic N) is 1. The van der Waals surface area contributed by atoms with Crippen molar-refractivity contribution < 1.29 is 14.3 Å². The molecule has 0 saturated heterocycles. The van der Waals surface area contributed by atoms with Crippen molar-refractivity contribution in [3.63, 3.8) is 0 Å². The van der Waals surface area contributed by atoms with Crippen LogP contribution in [0.2, 0.25) is 0 Å². The highest BCUT2D eigenvalue weighted by Gasteiger charge is 2.06. The van der Waals surface area contributed by atoms with Gasteiger partial charge in [0, 0.05) is 5.56 Å². The van der Waals surface area contributed by atoms with Gasteiger partial charge in [-0.25, -0.2) is 0 Å². The van der Waals surface area contributed by atoms with Gasteiger partial charge in [-0.3, -0.25) is 0 Å². The minimum atomic E-state index is -1.33. The summed E-state index contributed by atoms with van der Waals surface area (Å²) in [6.45, 7) is 1.80. The summed E-state index contributed by atoms with van der Waals surface area (Å²) >= 11 is 0. The lowest BCUT2D eigenvalue weighted by Crippen LogP contribution is -2.21. The monoisotopic (exact) mass is 243 g/mol. The summed E-state index contributed by atoms with van der Waals surface area (Å²) in [4.78, 5) is 10.6. The van der Waals surface area contributed by atoms with Crippen LogP contribution < -0.4 is 10.9 Å². The highest BCUT2D eigenvalue weighted by molar-refractivity contribution is 5.98. The molecule has 1 aromatic carbocycles. The van der Waals surface area contributed by atoms with E-state index < -0.39 is 5.97 Å². The fourth-order valence-electron chi connectivity index (χ4n) is 1.55. The molecule has 2 N–H and O–H groups in total. The van der Waals surface area contributed by atoms with Gasteiger partial charge in [-0.05, 0) is 24.6 Å². The third kappa shape index (κ3) is 2.24. The molecule has 0 aliphatic carbocycles. The molecular weight excluding hydrogens is 232 g/mol. The molecule has 92 valence electrons. The highest BCUT2D eigenvalue weighted by Crippen LogP contribution is 2.22. The van der Waals surface area contributed by atoms with Gasteiger partial charge in [0.1, 0.15) is 17.5 Å². The van der Waals surface area contributed by atoms with Crippen molar-refractivity contribution in [2.75, 3.05) is 0 Å². The highest BCUT2D eigenvalue weighted by atomic mass is 16.4. The smallest absolute Gasteiger partial charge is 0.150 e. The Hall–Kier alpha value is -2.56. The number of nitrogens with two attached hydrogens (primary N) is 1. The maximum Gasteiger partial charge on any atom is 0.150 e. The lowest BCUT2D eigenvalue weighted by atomic mass is 10.1. The van der Waals surface area contributed by atoms with Gasteiger partial charge in [-0.1, -0.05) is 24.3 Å². The first-order chi connectivity index (χ1) is 8.61. The second kappa shape index (κ2) is 4.75. The van der Waals surface area contributed by atoms with Crippen molar-refractivity contribution in [3.05, 3.63) is 47.7 Å². The van der Waals surface area contributed by atoms with Gasteiger partial charge in [0.2, 0.25) is 0 Å². The summed E-state index contributed by atoms with van der Waals surface area (Å²) in [5.74, 6) is 4.15. The molecule has 5 heteroatoms. The Kier molecular flexibility index (Phi) is 3.14. The first kappa shape index (κ1) is 11.9. The number of carboxylic acids is 1. The average molecular weight is 243 g/mol. The Balaban J connectivity index is 2.31. The van der Waals surface area contributed by atoms with Crippen molar-refractivity contribution in [3.8, 4) is 11.3 Å². The molecule has 0 atom stereocenters. The molecule has 0 aliphatic rings. The number of carboxylic acid groups (broad SMARTS) is 1. The number of rotatable bonds is 3. The fraction of sp³-hybridized carbons (Fsp3) is 0.0769. The summed E-state index contributed by atoms with van der Waals surface area (Å²) in [5.41, 5.74) is 2.39. The number of hydrogen-bond donors (Lipinski definition) is 1. The molecule has 0 unspecified atom stereocenters. The van der Waals surface area contributed by atoms with E-state index in [-0.39, 0.29) is 5.76 Å².